The molecule has 4 saturated heterocycles. The van der Waals surface area contributed by atoms with Crippen molar-refractivity contribution in [3.63, 3.8) is 0 Å². The fourth-order valence-electron chi connectivity index (χ4n) is 13.3. The molecular formula is C74H82Cl6N20O. The molecule has 4 aliphatic rings. The summed E-state index contributed by atoms with van der Waals surface area (Å²) in [6, 6.07) is 26.3. The molecule has 0 spiro atoms. The molecule has 0 unspecified atom stereocenters. The van der Waals surface area contributed by atoms with E-state index in [2.05, 4.69) is 127 Å². The Balaban J connectivity index is 0.000000120. The number of aliphatic hydroxyl groups is 1. The summed E-state index contributed by atoms with van der Waals surface area (Å²) in [6.07, 6.45) is 19.0. The van der Waals surface area contributed by atoms with Crippen LogP contribution in [0.5, 0.6) is 0 Å². The van der Waals surface area contributed by atoms with Gasteiger partial charge in [0.1, 0.15) is 45.3 Å². The molecule has 0 atom stereocenters. The highest BCUT2D eigenvalue weighted by molar-refractivity contribution is 6.44. The van der Waals surface area contributed by atoms with Crippen LogP contribution in [0.25, 0.3) is 89.7 Å². The number of aromatic amines is 4. The van der Waals surface area contributed by atoms with Crippen LogP contribution < -0.4 is 19.6 Å². The molecule has 526 valence electrons. The van der Waals surface area contributed by atoms with E-state index in [1.807, 2.05) is 98.3 Å². The topological polar surface area (TPSA) is 251 Å². The maximum atomic E-state index is 10.4. The van der Waals surface area contributed by atoms with Gasteiger partial charge in [-0.1, -0.05) is 179 Å². The lowest BCUT2D eigenvalue weighted by molar-refractivity contribution is 0.0125. The van der Waals surface area contributed by atoms with Crippen LogP contribution in [-0.4, -0.2) is 144 Å². The molecule has 12 aromatic rings. The van der Waals surface area contributed by atoms with Crippen LogP contribution in [0.1, 0.15) is 119 Å². The Kier molecular flexibility index (Phi) is 21.3. The van der Waals surface area contributed by atoms with E-state index in [4.69, 9.17) is 84.6 Å². The number of hydrogen-bond donors (Lipinski definition) is 5. The molecule has 21 nitrogen and oxygen atoms in total. The molecule has 0 radical (unpaired) electrons. The lowest BCUT2D eigenvalue weighted by atomic mass is 9.78. The molecule has 27 heteroatoms. The van der Waals surface area contributed by atoms with Crippen LogP contribution in [0, 0.1) is 16.2 Å². The van der Waals surface area contributed by atoms with Crippen LogP contribution in [0.2, 0.25) is 30.1 Å². The zero-order chi connectivity index (χ0) is 70.8. The van der Waals surface area contributed by atoms with E-state index in [1.54, 1.807) is 18.3 Å². The van der Waals surface area contributed by atoms with Crippen molar-refractivity contribution in [3.05, 3.63) is 140 Å². The van der Waals surface area contributed by atoms with Crippen molar-refractivity contribution in [2.24, 2.45) is 16.2 Å². The lowest BCUT2D eigenvalue weighted by Crippen LogP contribution is -2.44. The first-order chi connectivity index (χ1) is 48.6. The molecule has 0 bridgehead atoms. The number of piperidine rings is 4. The second kappa shape index (κ2) is 30.1. The van der Waals surface area contributed by atoms with E-state index in [0.717, 1.165) is 145 Å². The first kappa shape index (κ1) is 71.4. The Hall–Kier alpha value is -8.02. The predicted molar refractivity (Wildman–Crippen MR) is 410 cm³/mol. The highest BCUT2D eigenvalue weighted by Crippen LogP contribution is 2.41. The van der Waals surface area contributed by atoms with Crippen molar-refractivity contribution in [2.45, 2.75) is 125 Å². The molecule has 4 fully saturated rings. The molecule has 12 heterocycles. The number of nitrogens with one attached hydrogen (secondary N) is 4. The van der Waals surface area contributed by atoms with Crippen molar-refractivity contribution in [1.82, 2.24) is 80.7 Å². The zero-order valence-electron chi connectivity index (χ0n) is 57.7. The van der Waals surface area contributed by atoms with Gasteiger partial charge >= 0.3 is 0 Å². The summed E-state index contributed by atoms with van der Waals surface area (Å²) >= 11 is 37.1. The van der Waals surface area contributed by atoms with Gasteiger partial charge in [0.25, 0.3) is 0 Å². The zero-order valence-corrected chi connectivity index (χ0v) is 62.2. The molecule has 0 amide bonds. The molecule has 4 aliphatic heterocycles. The molecule has 4 aromatic carbocycles. The first-order valence-electron chi connectivity index (χ1n) is 34.6. The van der Waals surface area contributed by atoms with Gasteiger partial charge in [0, 0.05) is 84.7 Å². The summed E-state index contributed by atoms with van der Waals surface area (Å²) in [4.78, 5) is 46.3. The Bertz CT molecular complexity index is 4730. The summed E-state index contributed by atoms with van der Waals surface area (Å²) in [5.74, 6) is 3.47. The summed E-state index contributed by atoms with van der Waals surface area (Å²) in [5.41, 5.74) is 12.7. The van der Waals surface area contributed by atoms with E-state index in [9.17, 15) is 5.11 Å². The third kappa shape index (κ3) is 15.8. The Labute approximate surface area is 616 Å². The molecule has 5 N–H and O–H groups in total. The van der Waals surface area contributed by atoms with Crippen LogP contribution in [0.15, 0.2) is 110 Å². The minimum Gasteiger partial charge on any atom is -0.390 e. The Morgan fingerprint density at radius 2 is 0.693 bits per heavy atom. The Morgan fingerprint density at radius 3 is 1.02 bits per heavy atom. The van der Waals surface area contributed by atoms with Crippen LogP contribution in [-0.2, 0) is 0 Å². The monoisotopic (exact) mass is 1480 g/mol. The number of anilines is 4. The average molecular weight is 1480 g/mol. The quantitative estimate of drug-likeness (QED) is 0.0807. The first-order valence-corrected chi connectivity index (χ1v) is 36.9. The van der Waals surface area contributed by atoms with E-state index in [-0.39, 0.29) is 0 Å². The predicted octanol–water partition coefficient (Wildman–Crippen LogP) is 18.4. The summed E-state index contributed by atoms with van der Waals surface area (Å²) in [5, 5.41) is 43.1. The number of rotatable bonds is 11. The van der Waals surface area contributed by atoms with Crippen LogP contribution in [0.4, 0.5) is 23.3 Å². The second-order valence-corrected chi connectivity index (χ2v) is 30.7. The fourth-order valence-corrected chi connectivity index (χ4v) is 14.5. The number of halogens is 6. The van der Waals surface area contributed by atoms with E-state index in [0.29, 0.717) is 85.7 Å². The van der Waals surface area contributed by atoms with E-state index in [1.165, 1.54) is 51.4 Å². The third-order valence-corrected chi connectivity index (χ3v) is 23.2. The molecule has 101 heavy (non-hydrogen) atoms. The third-order valence-electron chi connectivity index (χ3n) is 21.1. The van der Waals surface area contributed by atoms with Crippen molar-refractivity contribution >= 4 is 138 Å². The number of benzene rings is 4. The smallest absolute Gasteiger partial charge is 0.202 e. The number of hydrogen-bond acceptors (Lipinski definition) is 17. The number of fused-ring (bicyclic) bond motifs is 4. The molecule has 0 aliphatic carbocycles. The van der Waals surface area contributed by atoms with Gasteiger partial charge in [-0.2, -0.15) is 20.4 Å². The van der Waals surface area contributed by atoms with Gasteiger partial charge in [0.05, 0.1) is 73.3 Å². The number of H-pyrrole nitrogens is 4. The maximum absolute atomic E-state index is 10.4. The molecule has 16 rings (SSSR count). The number of aromatic nitrogens is 16. The summed E-state index contributed by atoms with van der Waals surface area (Å²) in [7, 11) is 0. The van der Waals surface area contributed by atoms with Crippen LogP contribution in [0.3, 0.4) is 0 Å². The van der Waals surface area contributed by atoms with E-state index >= 15 is 0 Å². The Morgan fingerprint density at radius 1 is 0.386 bits per heavy atom. The van der Waals surface area contributed by atoms with Crippen molar-refractivity contribution in [3.8, 4) is 45.0 Å². The van der Waals surface area contributed by atoms with Crippen molar-refractivity contribution in [1.29, 1.82) is 0 Å². The van der Waals surface area contributed by atoms with Crippen LogP contribution >= 0.6 is 69.6 Å². The summed E-state index contributed by atoms with van der Waals surface area (Å²) < 4.78 is 0. The minimum atomic E-state index is -0.559. The van der Waals surface area contributed by atoms with Crippen molar-refractivity contribution < 1.29 is 5.11 Å². The van der Waals surface area contributed by atoms with E-state index < -0.39 is 5.60 Å². The van der Waals surface area contributed by atoms with Gasteiger partial charge in [-0.25, -0.2) is 39.9 Å². The van der Waals surface area contributed by atoms with Crippen molar-refractivity contribution in [2.75, 3.05) is 72.0 Å². The molecule has 0 saturated carbocycles. The van der Waals surface area contributed by atoms with Gasteiger partial charge in [0.15, 0.2) is 0 Å². The largest absolute Gasteiger partial charge is 0.390 e. The summed E-state index contributed by atoms with van der Waals surface area (Å²) in [6.45, 7) is 23.5. The number of nitrogens with zero attached hydrogens (tertiary/aromatic N) is 16. The minimum absolute atomic E-state index is 0.417. The van der Waals surface area contributed by atoms with Gasteiger partial charge in [-0.3, -0.25) is 20.4 Å². The normalized spacial score (nSPS) is 17.1. The van der Waals surface area contributed by atoms with Gasteiger partial charge < -0.3 is 24.7 Å². The second-order valence-electron chi connectivity index (χ2n) is 28.2. The lowest BCUT2D eigenvalue weighted by Gasteiger charge is -2.39. The molecular weight excluding hydrogens is 1400 g/mol. The van der Waals surface area contributed by atoms with Gasteiger partial charge in [-0.15, -0.1) is 0 Å². The van der Waals surface area contributed by atoms with Gasteiger partial charge in [-0.05, 0) is 110 Å². The SMILES string of the molecule is CC1(C)CCN(c2cnc3c(-c4cccc(Cl)c4)[nH]nc3n2)CC1.CCC1(C)CCN(c2cnc3c(-c4cccc(Cl)c4)[nH]nc3n2)CC1.CCC1(C)CCN(c2cnc3c(-c4cccc(Cl)c4Cl)[nH]nc3n2)CC1.CCC1(O)CCN(c2cnc3c(-c4cccc(Cl)c4Cl)[nH]nc3n2)CC1. The highest BCUT2D eigenvalue weighted by Gasteiger charge is 2.34. The maximum Gasteiger partial charge on any atom is 0.202 e. The average Bonchev–Trinajstić information content (AvgIpc) is 1.70. The van der Waals surface area contributed by atoms with Gasteiger partial charge in [0.2, 0.25) is 22.6 Å². The highest BCUT2D eigenvalue weighted by atomic mass is 35.5. The standard InChI is InChI=1S/C19H21Cl2N5.C19H22ClN5.C18H19Cl2N5O.C18H20ClN5/c1-3-19(2)7-9-26(10-8-19)14-11-22-17-16(24-25-18(17)23-14)12-5-4-6-13(20)15(12)21;1-3-19(2)7-9-25(10-8-19)15-12-21-17-16(23-24-18(17)22-15)13-5-4-6-14(20)11-13;1-2-18(26)6-8-25(9-7-18)13-10-21-16-15(23-24-17(16)22-13)11-4-3-5-12(19)14(11)20;1-18(2)6-8-24(9-7-18)14-11-20-16-15(22-23-17(16)21-14)12-4-3-5-13(19)10-12/h4-6,11H,3,7-10H2,1-2H3,(H,23,24,25);4-6,11-12H,3,7-10H2,1-2H3,(H,22,23,24);3-5,10,26H,2,6-9H2,1H3,(H,22,23,24);3-5,10-11H,6-9H2,1-2H3,(H,21,22,23). The molecule has 8 aromatic heterocycles. The fraction of sp³-hybridized carbons (Fsp3) is 0.405.